The summed E-state index contributed by atoms with van der Waals surface area (Å²) in [5, 5.41) is 12.6. The van der Waals surface area contributed by atoms with Crippen molar-refractivity contribution in [2.75, 3.05) is 11.9 Å². The maximum atomic E-state index is 12.9. The van der Waals surface area contributed by atoms with E-state index >= 15 is 0 Å². The molecule has 2 atom stereocenters. The average molecular weight is 330 g/mol. The van der Waals surface area contributed by atoms with E-state index in [1.165, 1.54) is 17.7 Å². The highest BCUT2D eigenvalue weighted by Gasteiger charge is 2.59. The first-order valence-electron chi connectivity index (χ1n) is 7.72. The van der Waals surface area contributed by atoms with Gasteiger partial charge in [0.25, 0.3) is 0 Å². The fourth-order valence-electron chi connectivity index (χ4n) is 3.66. The first-order chi connectivity index (χ1) is 11.1. The van der Waals surface area contributed by atoms with Crippen molar-refractivity contribution in [2.45, 2.75) is 43.1 Å². The third kappa shape index (κ3) is 1.87. The molecule has 0 bridgehead atoms. The molecule has 1 saturated carbocycles. The molecule has 3 heterocycles. The summed E-state index contributed by atoms with van der Waals surface area (Å²) in [7, 11) is 0. The Hall–Kier alpha value is -1.96. The second-order valence-corrected chi connectivity index (χ2v) is 7.88. The molecule has 2 aromatic heterocycles. The summed E-state index contributed by atoms with van der Waals surface area (Å²) in [6.45, 7) is 2.92. The van der Waals surface area contributed by atoms with Crippen LogP contribution in [0.3, 0.4) is 0 Å². The lowest BCUT2D eigenvalue weighted by atomic mass is 9.69. The summed E-state index contributed by atoms with van der Waals surface area (Å²) >= 11 is 1.67. The molecule has 5 rings (SSSR count). The van der Waals surface area contributed by atoms with Gasteiger partial charge in [-0.1, -0.05) is 0 Å². The Balaban J connectivity index is 1.55. The summed E-state index contributed by atoms with van der Waals surface area (Å²) < 4.78 is 12.9. The first kappa shape index (κ1) is 13.5. The predicted molar refractivity (Wildman–Crippen MR) is 83.8 cm³/mol. The number of rotatable bonds is 2. The van der Waals surface area contributed by atoms with Crippen molar-refractivity contribution >= 4 is 22.4 Å². The minimum Gasteiger partial charge on any atom is -0.300 e. The van der Waals surface area contributed by atoms with Gasteiger partial charge < -0.3 is 5.32 Å². The molecule has 2 aromatic rings. The monoisotopic (exact) mass is 330 g/mol. The second kappa shape index (κ2) is 4.31. The van der Waals surface area contributed by atoms with Crippen molar-refractivity contribution in [2.24, 2.45) is 10.2 Å². The van der Waals surface area contributed by atoms with E-state index in [0.717, 1.165) is 29.6 Å². The molecule has 6 nitrogen and oxygen atoms in total. The molecular formula is C15H15FN6S. The van der Waals surface area contributed by atoms with Gasteiger partial charge in [0.15, 0.2) is 10.9 Å². The van der Waals surface area contributed by atoms with Crippen LogP contribution in [-0.4, -0.2) is 27.5 Å². The molecule has 2 aliphatic carbocycles. The van der Waals surface area contributed by atoms with Crippen LogP contribution in [-0.2, 0) is 10.8 Å². The number of thiazole rings is 1. The zero-order valence-corrected chi connectivity index (χ0v) is 13.4. The molecule has 3 aliphatic rings. The minimum absolute atomic E-state index is 0.0940. The van der Waals surface area contributed by atoms with Crippen molar-refractivity contribution in [3.05, 3.63) is 28.8 Å². The van der Waals surface area contributed by atoms with Gasteiger partial charge in [-0.2, -0.15) is 10.2 Å². The number of aromatic nitrogens is 3. The van der Waals surface area contributed by atoms with Gasteiger partial charge in [0.1, 0.15) is 0 Å². The highest BCUT2D eigenvalue weighted by molar-refractivity contribution is 7.16. The van der Waals surface area contributed by atoms with Gasteiger partial charge in [-0.25, -0.2) is 19.3 Å². The molecule has 8 heteroatoms. The molecule has 118 valence electrons. The van der Waals surface area contributed by atoms with Crippen LogP contribution in [0.1, 0.15) is 36.8 Å². The number of fused-ring (bicyclic) bond motifs is 4. The Morgan fingerprint density at radius 2 is 2.09 bits per heavy atom. The quantitative estimate of drug-likeness (QED) is 0.916. The fourth-order valence-corrected chi connectivity index (χ4v) is 5.01. The van der Waals surface area contributed by atoms with Crippen LogP contribution >= 0.6 is 11.3 Å². The lowest BCUT2D eigenvalue weighted by molar-refractivity contribution is 0.339. The molecule has 0 saturated heterocycles. The maximum Gasteiger partial charge on any atom is 0.229 e. The molecule has 1 fully saturated rings. The van der Waals surface area contributed by atoms with Crippen LogP contribution in [0, 0.1) is 5.82 Å². The molecule has 1 aliphatic heterocycles. The minimum atomic E-state index is -0.449. The summed E-state index contributed by atoms with van der Waals surface area (Å²) in [6, 6.07) is 0.245. The average Bonchev–Trinajstić information content (AvgIpc) is 2.99. The van der Waals surface area contributed by atoms with E-state index in [2.05, 4.69) is 32.4 Å². The largest absolute Gasteiger partial charge is 0.300 e. The Morgan fingerprint density at radius 1 is 1.30 bits per heavy atom. The van der Waals surface area contributed by atoms with E-state index in [9.17, 15) is 4.39 Å². The number of hydrogen-bond donors (Lipinski definition) is 1. The second-order valence-electron chi connectivity index (χ2n) is 6.88. The Morgan fingerprint density at radius 3 is 2.83 bits per heavy atom. The van der Waals surface area contributed by atoms with E-state index in [-0.39, 0.29) is 16.9 Å². The number of azo groups is 1. The molecule has 2 unspecified atom stereocenters. The first-order valence-corrected chi connectivity index (χ1v) is 8.54. The third-order valence-electron chi connectivity index (χ3n) is 5.28. The lowest BCUT2D eigenvalue weighted by Crippen LogP contribution is -2.42. The third-order valence-corrected chi connectivity index (χ3v) is 6.50. The van der Waals surface area contributed by atoms with Crippen molar-refractivity contribution in [1.29, 1.82) is 0 Å². The SMILES string of the molecule is CC12CN=NC1CC1(CC1)c1sc(Nc3ncc(F)cn3)nc12. The zero-order chi connectivity index (χ0) is 15.7. The molecular weight excluding hydrogens is 315 g/mol. The summed E-state index contributed by atoms with van der Waals surface area (Å²) in [5.74, 6) is -0.0831. The maximum absolute atomic E-state index is 12.9. The van der Waals surface area contributed by atoms with Crippen LogP contribution < -0.4 is 5.32 Å². The molecule has 0 amide bonds. The van der Waals surface area contributed by atoms with Crippen molar-refractivity contribution in [1.82, 2.24) is 15.0 Å². The summed E-state index contributed by atoms with van der Waals surface area (Å²) in [4.78, 5) is 14.1. The standard InChI is InChI=1S/C15H15FN6S/c1-14-7-19-22-9(14)4-15(2-3-15)11-10(14)20-13(23-11)21-12-17-5-8(16)6-18-12/h5-6,9H,2-4,7H2,1H3,(H,17,18,20,21). The van der Waals surface area contributed by atoms with Crippen molar-refractivity contribution in [3.8, 4) is 0 Å². The lowest BCUT2D eigenvalue weighted by Gasteiger charge is -2.36. The number of hydrogen-bond acceptors (Lipinski definition) is 7. The summed E-state index contributed by atoms with van der Waals surface area (Å²) in [6.07, 6.45) is 5.79. The number of halogens is 1. The smallest absolute Gasteiger partial charge is 0.229 e. The zero-order valence-electron chi connectivity index (χ0n) is 12.6. The topological polar surface area (TPSA) is 75.4 Å². The fraction of sp³-hybridized carbons (Fsp3) is 0.533. The van der Waals surface area contributed by atoms with Crippen LogP contribution in [0.2, 0.25) is 0 Å². The van der Waals surface area contributed by atoms with Crippen LogP contribution in [0.15, 0.2) is 22.6 Å². The predicted octanol–water partition coefficient (Wildman–Crippen LogP) is 3.34. The van der Waals surface area contributed by atoms with Gasteiger partial charge in [0, 0.05) is 10.3 Å². The van der Waals surface area contributed by atoms with Gasteiger partial charge in [0.2, 0.25) is 5.95 Å². The van der Waals surface area contributed by atoms with Crippen LogP contribution in [0.25, 0.3) is 0 Å². The van der Waals surface area contributed by atoms with Gasteiger partial charge in [-0.15, -0.1) is 11.3 Å². The van der Waals surface area contributed by atoms with Gasteiger partial charge in [-0.05, 0) is 26.2 Å². The van der Waals surface area contributed by atoms with E-state index in [1.54, 1.807) is 11.3 Å². The van der Waals surface area contributed by atoms with Crippen molar-refractivity contribution in [3.63, 3.8) is 0 Å². The van der Waals surface area contributed by atoms with E-state index < -0.39 is 5.82 Å². The molecule has 0 aromatic carbocycles. The molecule has 1 spiro atoms. The van der Waals surface area contributed by atoms with Crippen LogP contribution in [0.5, 0.6) is 0 Å². The number of anilines is 2. The van der Waals surface area contributed by atoms with E-state index in [4.69, 9.17) is 4.98 Å². The van der Waals surface area contributed by atoms with Crippen molar-refractivity contribution < 1.29 is 4.39 Å². The van der Waals surface area contributed by atoms with E-state index in [1.807, 2.05) is 0 Å². The Labute approximate surface area is 136 Å². The molecule has 23 heavy (non-hydrogen) atoms. The van der Waals surface area contributed by atoms with Gasteiger partial charge >= 0.3 is 0 Å². The van der Waals surface area contributed by atoms with Gasteiger partial charge in [0.05, 0.1) is 36.1 Å². The molecule has 1 N–H and O–H groups in total. The Bertz CT molecular complexity index is 812. The highest BCUT2D eigenvalue weighted by Crippen LogP contribution is 2.62. The van der Waals surface area contributed by atoms with E-state index in [0.29, 0.717) is 12.5 Å². The number of nitrogens with one attached hydrogen (secondary N) is 1. The summed E-state index contributed by atoms with van der Waals surface area (Å²) in [5.41, 5.74) is 1.29. The number of nitrogens with zero attached hydrogens (tertiary/aromatic N) is 5. The molecule has 0 radical (unpaired) electrons. The van der Waals surface area contributed by atoms with Crippen LogP contribution in [0.4, 0.5) is 15.5 Å². The normalized spacial score (nSPS) is 29.4. The van der Waals surface area contributed by atoms with Gasteiger partial charge in [-0.3, -0.25) is 0 Å². The highest BCUT2D eigenvalue weighted by atomic mass is 32.1. The Kier molecular flexibility index (Phi) is 2.53.